The highest BCUT2D eigenvalue weighted by molar-refractivity contribution is 7.16. The smallest absolute Gasteiger partial charge is 0.235 e. The predicted octanol–water partition coefficient (Wildman–Crippen LogP) is 3.89. The van der Waals surface area contributed by atoms with E-state index in [2.05, 4.69) is 62.9 Å². The lowest BCUT2D eigenvalue weighted by atomic mass is 10.0. The Morgan fingerprint density at radius 1 is 1.08 bits per heavy atom. The van der Waals surface area contributed by atoms with Gasteiger partial charge in [0.05, 0.1) is 0 Å². The van der Waals surface area contributed by atoms with Crippen LogP contribution in [0.4, 0.5) is 0 Å². The summed E-state index contributed by atoms with van der Waals surface area (Å²) in [5.74, 6) is 1.34. The van der Waals surface area contributed by atoms with Crippen molar-refractivity contribution in [2.45, 2.75) is 13.3 Å². The van der Waals surface area contributed by atoms with Crippen molar-refractivity contribution in [3.63, 3.8) is 0 Å². The van der Waals surface area contributed by atoms with E-state index in [-0.39, 0.29) is 0 Å². The van der Waals surface area contributed by atoms with E-state index in [0.717, 1.165) is 22.1 Å². The van der Waals surface area contributed by atoms with Crippen LogP contribution in [-0.2, 0) is 6.42 Å². The van der Waals surface area contributed by atoms with Crippen LogP contribution in [0.5, 0.6) is 0 Å². The summed E-state index contributed by atoms with van der Waals surface area (Å²) in [4.78, 5) is 0.755. The predicted molar refractivity (Wildman–Crippen MR) is 95.6 cm³/mol. The summed E-state index contributed by atoms with van der Waals surface area (Å²) in [5.41, 5.74) is 1.90. The molecule has 2 aromatic carbocycles. The topological polar surface area (TPSA) is 69.1 Å². The molecule has 0 aliphatic rings. The lowest BCUT2D eigenvalue weighted by Crippen LogP contribution is -1.94. The highest BCUT2D eigenvalue weighted by Gasteiger charge is 2.16. The molecule has 0 spiro atoms. The van der Waals surface area contributed by atoms with Crippen LogP contribution in [0.25, 0.3) is 27.3 Å². The molecule has 122 valence electrons. The van der Waals surface area contributed by atoms with Crippen LogP contribution in [-0.4, -0.2) is 25.0 Å². The average Bonchev–Trinajstić information content (AvgIpc) is 3.31. The highest BCUT2D eigenvalue weighted by atomic mass is 32.1. The maximum Gasteiger partial charge on any atom is 0.235 e. The van der Waals surface area contributed by atoms with E-state index in [4.69, 9.17) is 4.52 Å². The lowest BCUT2D eigenvalue weighted by molar-refractivity contribution is 0.399. The quantitative estimate of drug-likeness (QED) is 0.495. The molecule has 0 unspecified atom stereocenters. The lowest BCUT2D eigenvalue weighted by Gasteiger charge is -2.04. The van der Waals surface area contributed by atoms with E-state index in [1.807, 2.05) is 13.0 Å². The Balaban J connectivity index is 1.56. The fourth-order valence-electron chi connectivity index (χ4n) is 2.97. The van der Waals surface area contributed by atoms with Crippen LogP contribution in [0.2, 0.25) is 0 Å². The molecule has 0 atom stereocenters. The van der Waals surface area contributed by atoms with Crippen molar-refractivity contribution < 1.29 is 4.52 Å². The minimum atomic E-state index is 0.604. The van der Waals surface area contributed by atoms with Crippen molar-refractivity contribution in [1.29, 1.82) is 0 Å². The van der Waals surface area contributed by atoms with Crippen LogP contribution in [0.3, 0.4) is 0 Å². The fraction of sp³-hybridized carbons (Fsp3) is 0.111. The second-order valence-electron chi connectivity index (χ2n) is 5.85. The SMILES string of the molecule is Cc1cc(-c2nnc3sc(Cc4cccc5ccccc45)nn23)no1. The van der Waals surface area contributed by atoms with Gasteiger partial charge in [0.15, 0.2) is 5.69 Å². The highest BCUT2D eigenvalue weighted by Crippen LogP contribution is 2.25. The van der Waals surface area contributed by atoms with Crippen molar-refractivity contribution in [3.8, 4) is 11.5 Å². The van der Waals surface area contributed by atoms with Gasteiger partial charge in [-0.25, -0.2) is 0 Å². The Hall–Kier alpha value is -3.06. The number of fused-ring (bicyclic) bond motifs is 2. The third-order valence-corrected chi connectivity index (χ3v) is 5.01. The van der Waals surface area contributed by atoms with Crippen molar-refractivity contribution in [1.82, 2.24) is 25.0 Å². The summed E-state index contributed by atoms with van der Waals surface area (Å²) < 4.78 is 6.87. The Bertz CT molecular complexity index is 1200. The van der Waals surface area contributed by atoms with Crippen LogP contribution in [0.15, 0.2) is 53.1 Å². The second kappa shape index (κ2) is 5.49. The molecule has 6 nitrogen and oxygen atoms in total. The molecule has 0 fully saturated rings. The molecule has 0 amide bonds. The fourth-order valence-corrected chi connectivity index (χ4v) is 3.83. The monoisotopic (exact) mass is 347 g/mol. The third kappa shape index (κ3) is 2.40. The van der Waals surface area contributed by atoms with Crippen molar-refractivity contribution in [3.05, 3.63) is 64.9 Å². The van der Waals surface area contributed by atoms with E-state index in [0.29, 0.717) is 11.5 Å². The number of hydrogen-bond donors (Lipinski definition) is 0. The van der Waals surface area contributed by atoms with Crippen LogP contribution < -0.4 is 0 Å². The van der Waals surface area contributed by atoms with Gasteiger partial charge >= 0.3 is 0 Å². The molecule has 7 heteroatoms. The van der Waals surface area contributed by atoms with E-state index in [1.54, 1.807) is 15.9 Å². The molecule has 0 bridgehead atoms. The number of rotatable bonds is 3. The van der Waals surface area contributed by atoms with Gasteiger partial charge in [0.25, 0.3) is 0 Å². The molecule has 3 aromatic heterocycles. The maximum atomic E-state index is 5.13. The summed E-state index contributed by atoms with van der Waals surface area (Å²) in [6, 6.07) is 16.6. The van der Waals surface area contributed by atoms with E-state index >= 15 is 0 Å². The Morgan fingerprint density at radius 2 is 1.96 bits per heavy atom. The summed E-state index contributed by atoms with van der Waals surface area (Å²) in [6.45, 7) is 1.85. The first-order valence-corrected chi connectivity index (χ1v) is 8.71. The average molecular weight is 347 g/mol. The molecule has 5 rings (SSSR count). The minimum Gasteiger partial charge on any atom is -0.361 e. The number of hydrogen-bond acceptors (Lipinski definition) is 6. The van der Waals surface area contributed by atoms with Gasteiger partial charge in [-0.3, -0.25) is 0 Å². The van der Waals surface area contributed by atoms with Gasteiger partial charge in [-0.2, -0.15) is 9.61 Å². The van der Waals surface area contributed by atoms with Gasteiger partial charge in [0, 0.05) is 12.5 Å². The second-order valence-corrected chi connectivity index (χ2v) is 6.89. The Morgan fingerprint density at radius 3 is 2.84 bits per heavy atom. The van der Waals surface area contributed by atoms with Gasteiger partial charge < -0.3 is 4.52 Å². The third-order valence-electron chi connectivity index (χ3n) is 4.11. The molecule has 0 aliphatic heterocycles. The largest absolute Gasteiger partial charge is 0.361 e. The molecule has 3 heterocycles. The molecular weight excluding hydrogens is 334 g/mol. The van der Waals surface area contributed by atoms with Crippen LogP contribution in [0.1, 0.15) is 16.3 Å². The van der Waals surface area contributed by atoms with E-state index in [9.17, 15) is 0 Å². The summed E-state index contributed by atoms with van der Waals surface area (Å²) in [7, 11) is 0. The summed E-state index contributed by atoms with van der Waals surface area (Å²) >= 11 is 1.54. The molecule has 0 radical (unpaired) electrons. The zero-order chi connectivity index (χ0) is 16.8. The molecule has 0 N–H and O–H groups in total. The van der Waals surface area contributed by atoms with Crippen molar-refractivity contribution in [2.75, 3.05) is 0 Å². The number of aryl methyl sites for hydroxylation is 1. The zero-order valence-electron chi connectivity index (χ0n) is 13.4. The van der Waals surface area contributed by atoms with Gasteiger partial charge in [-0.15, -0.1) is 10.2 Å². The van der Waals surface area contributed by atoms with Gasteiger partial charge in [-0.05, 0) is 23.3 Å². The van der Waals surface area contributed by atoms with Crippen LogP contribution in [0, 0.1) is 6.92 Å². The summed E-state index contributed by atoms with van der Waals surface area (Å²) in [5, 5.41) is 20.6. The normalized spacial score (nSPS) is 11.6. The molecular formula is C18H13N5OS. The Kier molecular flexibility index (Phi) is 3.14. The molecule has 5 aromatic rings. The van der Waals surface area contributed by atoms with Gasteiger partial charge in [-0.1, -0.05) is 59.0 Å². The van der Waals surface area contributed by atoms with Crippen LogP contribution >= 0.6 is 11.3 Å². The van der Waals surface area contributed by atoms with E-state index < -0.39 is 0 Å². The first kappa shape index (κ1) is 14.3. The zero-order valence-corrected chi connectivity index (χ0v) is 14.2. The van der Waals surface area contributed by atoms with Crippen molar-refractivity contribution >= 4 is 27.1 Å². The van der Waals surface area contributed by atoms with Gasteiger partial charge in [0.2, 0.25) is 10.8 Å². The number of nitrogens with zero attached hydrogens (tertiary/aromatic N) is 5. The summed E-state index contributed by atoms with van der Waals surface area (Å²) in [6.07, 6.45) is 0.757. The Labute approximate surface area is 146 Å². The van der Waals surface area contributed by atoms with E-state index in [1.165, 1.54) is 16.3 Å². The standard InChI is InChI=1S/C18H13N5OS/c1-11-9-15(22-24-11)17-19-20-18-23(17)21-16(25-18)10-13-7-4-6-12-5-2-3-8-14(12)13/h2-9H,10H2,1H3. The van der Waals surface area contributed by atoms with Crippen molar-refractivity contribution in [2.24, 2.45) is 0 Å². The first-order chi connectivity index (χ1) is 12.3. The number of benzene rings is 2. The minimum absolute atomic E-state index is 0.604. The maximum absolute atomic E-state index is 5.13. The number of aromatic nitrogens is 5. The van der Waals surface area contributed by atoms with Gasteiger partial charge in [0.1, 0.15) is 10.8 Å². The molecule has 25 heavy (non-hydrogen) atoms. The first-order valence-electron chi connectivity index (χ1n) is 7.89. The molecule has 0 saturated carbocycles. The molecule has 0 aliphatic carbocycles. The molecule has 0 saturated heterocycles.